The molecule has 1 amide bonds. The normalized spacial score (nSPS) is 9.93. The zero-order valence-electron chi connectivity index (χ0n) is 9.81. The molecule has 0 saturated heterocycles. The molecule has 0 bridgehead atoms. The average Bonchev–Trinajstić information content (AvgIpc) is 2.19. The maximum Gasteiger partial charge on any atom is 0.249 e. The summed E-state index contributed by atoms with van der Waals surface area (Å²) >= 11 is 0. The fourth-order valence-electron chi connectivity index (χ4n) is 1.43. The van der Waals surface area contributed by atoms with Crippen molar-refractivity contribution in [3.8, 4) is 0 Å². The zero-order chi connectivity index (χ0) is 11.0. The number of carbonyl (C=O) groups is 1. The fraction of sp³-hybridized carbons (Fsp3) is 0.750. The quantitative estimate of drug-likeness (QED) is 0.454. The topological polar surface area (TPSA) is 20.3 Å². The average molecular weight is 197 g/mol. The first-order chi connectivity index (χ1) is 6.67. The van der Waals surface area contributed by atoms with Crippen molar-refractivity contribution >= 4 is 5.91 Å². The summed E-state index contributed by atoms with van der Waals surface area (Å²) in [6.45, 7) is 11.6. The van der Waals surface area contributed by atoms with Crippen molar-refractivity contribution in [2.24, 2.45) is 0 Å². The molecule has 0 aliphatic rings. The van der Waals surface area contributed by atoms with Gasteiger partial charge in [0, 0.05) is 18.7 Å². The Morgan fingerprint density at radius 2 is 1.71 bits per heavy atom. The van der Waals surface area contributed by atoms with Crippen LogP contribution in [0.4, 0.5) is 0 Å². The Morgan fingerprint density at radius 1 is 1.14 bits per heavy atom. The summed E-state index contributed by atoms with van der Waals surface area (Å²) in [6.07, 6.45) is 4.31. The fourth-order valence-corrected chi connectivity index (χ4v) is 1.43. The number of likely N-dealkylation sites (N-methyl/N-ethyl adjacent to an activating group) is 1. The molecule has 2 nitrogen and oxygen atoms in total. The lowest BCUT2D eigenvalue weighted by molar-refractivity contribution is -0.126. The molecule has 14 heavy (non-hydrogen) atoms. The number of carbonyl (C=O) groups excluding carboxylic acids is 1. The Bertz CT molecular complexity index is 183. The van der Waals surface area contributed by atoms with Crippen molar-refractivity contribution in [2.45, 2.75) is 46.5 Å². The van der Waals surface area contributed by atoms with E-state index in [0.717, 1.165) is 31.5 Å². The Balaban J connectivity index is 3.91. The van der Waals surface area contributed by atoms with E-state index in [1.807, 2.05) is 18.7 Å². The van der Waals surface area contributed by atoms with Gasteiger partial charge in [0.1, 0.15) is 0 Å². The van der Waals surface area contributed by atoms with E-state index in [9.17, 15) is 4.79 Å². The molecule has 0 aromatic carbocycles. The van der Waals surface area contributed by atoms with Gasteiger partial charge in [-0.3, -0.25) is 4.79 Å². The van der Waals surface area contributed by atoms with Crippen LogP contribution in [-0.2, 0) is 4.79 Å². The molecule has 0 aromatic rings. The van der Waals surface area contributed by atoms with Crippen molar-refractivity contribution < 1.29 is 4.79 Å². The van der Waals surface area contributed by atoms with E-state index in [1.165, 1.54) is 12.8 Å². The van der Waals surface area contributed by atoms with E-state index < -0.39 is 0 Å². The van der Waals surface area contributed by atoms with E-state index in [1.54, 1.807) is 0 Å². The molecule has 0 aliphatic carbocycles. The van der Waals surface area contributed by atoms with Crippen LogP contribution in [0.2, 0.25) is 0 Å². The summed E-state index contributed by atoms with van der Waals surface area (Å²) in [4.78, 5) is 13.6. The summed E-state index contributed by atoms with van der Waals surface area (Å²) in [5.41, 5.74) is 0.766. The Morgan fingerprint density at radius 3 is 2.14 bits per heavy atom. The van der Waals surface area contributed by atoms with Gasteiger partial charge in [0.25, 0.3) is 0 Å². The third kappa shape index (κ3) is 4.45. The number of rotatable bonds is 7. The molecule has 0 radical (unpaired) electrons. The Hall–Kier alpha value is -0.790. The molecule has 0 aliphatic heterocycles. The molecule has 0 saturated carbocycles. The van der Waals surface area contributed by atoms with Gasteiger partial charge in [-0.1, -0.05) is 26.3 Å². The lowest BCUT2D eigenvalue weighted by Crippen LogP contribution is -2.31. The first-order valence-corrected chi connectivity index (χ1v) is 5.64. The van der Waals surface area contributed by atoms with E-state index >= 15 is 0 Å². The summed E-state index contributed by atoms with van der Waals surface area (Å²) in [7, 11) is 0. The van der Waals surface area contributed by atoms with Gasteiger partial charge in [-0.05, 0) is 26.7 Å². The molecule has 82 valence electrons. The molecule has 0 unspecified atom stereocenters. The van der Waals surface area contributed by atoms with Gasteiger partial charge in [-0.25, -0.2) is 0 Å². The maximum atomic E-state index is 11.7. The minimum absolute atomic E-state index is 0.131. The molecule has 0 fully saturated rings. The number of unbranched alkanes of at least 4 members (excludes halogenated alkanes) is 2. The minimum Gasteiger partial charge on any atom is -0.340 e. The standard InChI is InChI=1S/C12H23NO/c1-5-8-9-10-11(4)12(14)13(6-2)7-3/h4-10H2,1-3H3. The molecular weight excluding hydrogens is 174 g/mol. The highest BCUT2D eigenvalue weighted by Crippen LogP contribution is 2.09. The van der Waals surface area contributed by atoms with E-state index in [2.05, 4.69) is 13.5 Å². The summed E-state index contributed by atoms with van der Waals surface area (Å²) in [5.74, 6) is 0.131. The number of hydrogen-bond donors (Lipinski definition) is 0. The highest BCUT2D eigenvalue weighted by molar-refractivity contribution is 5.92. The van der Waals surface area contributed by atoms with Gasteiger partial charge in [0.05, 0.1) is 0 Å². The van der Waals surface area contributed by atoms with Crippen LogP contribution in [-0.4, -0.2) is 23.9 Å². The minimum atomic E-state index is 0.131. The maximum absolute atomic E-state index is 11.7. The van der Waals surface area contributed by atoms with Gasteiger partial charge in [-0.15, -0.1) is 0 Å². The highest BCUT2D eigenvalue weighted by atomic mass is 16.2. The molecule has 0 aromatic heterocycles. The van der Waals surface area contributed by atoms with Crippen molar-refractivity contribution in [2.75, 3.05) is 13.1 Å². The van der Waals surface area contributed by atoms with Crippen LogP contribution in [0.3, 0.4) is 0 Å². The van der Waals surface area contributed by atoms with E-state index in [4.69, 9.17) is 0 Å². The third-order valence-corrected chi connectivity index (χ3v) is 2.44. The highest BCUT2D eigenvalue weighted by Gasteiger charge is 2.12. The molecule has 2 heteroatoms. The van der Waals surface area contributed by atoms with Crippen LogP contribution >= 0.6 is 0 Å². The largest absolute Gasteiger partial charge is 0.340 e. The second-order valence-electron chi connectivity index (χ2n) is 3.54. The molecular formula is C12H23NO. The Labute approximate surface area is 88.0 Å². The predicted octanol–water partition coefficient (Wildman–Crippen LogP) is 2.99. The summed E-state index contributed by atoms with van der Waals surface area (Å²) in [6, 6.07) is 0. The van der Waals surface area contributed by atoms with Gasteiger partial charge in [-0.2, -0.15) is 0 Å². The predicted molar refractivity (Wildman–Crippen MR) is 61.2 cm³/mol. The van der Waals surface area contributed by atoms with Crippen LogP contribution in [0, 0.1) is 0 Å². The van der Waals surface area contributed by atoms with Crippen LogP contribution in [0.1, 0.15) is 46.5 Å². The van der Waals surface area contributed by atoms with Crippen LogP contribution in [0.5, 0.6) is 0 Å². The van der Waals surface area contributed by atoms with Crippen molar-refractivity contribution in [1.29, 1.82) is 0 Å². The number of hydrogen-bond acceptors (Lipinski definition) is 1. The van der Waals surface area contributed by atoms with Crippen molar-refractivity contribution in [3.05, 3.63) is 12.2 Å². The van der Waals surface area contributed by atoms with Crippen LogP contribution in [0.15, 0.2) is 12.2 Å². The number of nitrogens with zero attached hydrogens (tertiary/aromatic N) is 1. The number of amides is 1. The van der Waals surface area contributed by atoms with Crippen molar-refractivity contribution in [3.63, 3.8) is 0 Å². The van der Waals surface area contributed by atoms with Crippen LogP contribution in [0.25, 0.3) is 0 Å². The first kappa shape index (κ1) is 13.2. The van der Waals surface area contributed by atoms with E-state index in [-0.39, 0.29) is 5.91 Å². The van der Waals surface area contributed by atoms with Gasteiger partial charge >= 0.3 is 0 Å². The Kier molecular flexibility index (Phi) is 7.17. The molecule has 0 spiro atoms. The van der Waals surface area contributed by atoms with Crippen LogP contribution < -0.4 is 0 Å². The SMILES string of the molecule is C=C(CCCCC)C(=O)N(CC)CC. The molecule has 0 rings (SSSR count). The summed E-state index contributed by atoms with van der Waals surface area (Å²) < 4.78 is 0. The van der Waals surface area contributed by atoms with E-state index in [0.29, 0.717) is 0 Å². The smallest absolute Gasteiger partial charge is 0.249 e. The molecule has 0 atom stereocenters. The van der Waals surface area contributed by atoms with Gasteiger partial charge < -0.3 is 4.90 Å². The third-order valence-electron chi connectivity index (χ3n) is 2.44. The lowest BCUT2D eigenvalue weighted by Gasteiger charge is -2.19. The van der Waals surface area contributed by atoms with Gasteiger partial charge in [0.2, 0.25) is 5.91 Å². The van der Waals surface area contributed by atoms with Gasteiger partial charge in [0.15, 0.2) is 0 Å². The first-order valence-electron chi connectivity index (χ1n) is 5.64. The monoisotopic (exact) mass is 197 g/mol. The summed E-state index contributed by atoms with van der Waals surface area (Å²) in [5, 5.41) is 0. The molecule has 0 heterocycles. The van der Waals surface area contributed by atoms with Crippen molar-refractivity contribution in [1.82, 2.24) is 4.90 Å². The molecule has 0 N–H and O–H groups in total. The second kappa shape index (κ2) is 7.60. The second-order valence-corrected chi connectivity index (χ2v) is 3.54. The zero-order valence-corrected chi connectivity index (χ0v) is 9.81. The lowest BCUT2D eigenvalue weighted by atomic mass is 10.1.